The molecule has 9 heteroatoms. The Hall–Kier alpha value is -1.97. The Morgan fingerprint density at radius 3 is 2.96 bits per heavy atom. The van der Waals surface area contributed by atoms with E-state index in [1.54, 1.807) is 18.3 Å². The Morgan fingerprint density at radius 1 is 1.52 bits per heavy atom. The van der Waals surface area contributed by atoms with Crippen LogP contribution in [0.15, 0.2) is 46.0 Å². The number of carbonyl (C=O) groups excluding carboxylic acids is 1. The number of thiophene rings is 1. The van der Waals surface area contributed by atoms with E-state index in [9.17, 15) is 13.2 Å². The van der Waals surface area contributed by atoms with Crippen LogP contribution < -0.4 is 5.32 Å². The molecule has 1 aliphatic rings. The molecule has 25 heavy (non-hydrogen) atoms. The number of piperidine rings is 1. The quantitative estimate of drug-likeness (QED) is 0.801. The smallest absolute Gasteiger partial charge is 0.252 e. The molecular weight excluding hydrogens is 362 g/mol. The van der Waals surface area contributed by atoms with Gasteiger partial charge in [-0.15, -0.1) is 11.3 Å². The van der Waals surface area contributed by atoms with Gasteiger partial charge in [-0.05, 0) is 30.5 Å². The summed E-state index contributed by atoms with van der Waals surface area (Å²) in [5.74, 6) is 0.329. The van der Waals surface area contributed by atoms with Gasteiger partial charge in [-0.3, -0.25) is 4.79 Å². The highest BCUT2D eigenvalue weighted by Gasteiger charge is 2.34. The lowest BCUT2D eigenvalue weighted by Crippen LogP contribution is -2.51. The van der Waals surface area contributed by atoms with Crippen molar-refractivity contribution in [2.75, 3.05) is 13.1 Å². The minimum Gasteiger partial charge on any atom is -0.443 e. The number of sulfonamides is 1. The van der Waals surface area contributed by atoms with E-state index in [0.29, 0.717) is 25.3 Å². The number of oxazole rings is 1. The molecule has 1 N–H and O–H groups in total. The van der Waals surface area contributed by atoms with Crippen LogP contribution in [-0.2, 0) is 14.8 Å². The molecule has 3 heterocycles. The summed E-state index contributed by atoms with van der Waals surface area (Å²) in [7, 11) is -3.57. The maximum Gasteiger partial charge on any atom is 0.252 e. The third-order valence-electron chi connectivity index (χ3n) is 4.23. The summed E-state index contributed by atoms with van der Waals surface area (Å²) in [4.78, 5) is 16.0. The van der Waals surface area contributed by atoms with E-state index >= 15 is 0 Å². The van der Waals surface area contributed by atoms with Gasteiger partial charge in [-0.25, -0.2) is 13.4 Å². The molecule has 3 rings (SSSR count). The summed E-state index contributed by atoms with van der Waals surface area (Å²) in [5, 5.41) is 2.86. The van der Waals surface area contributed by atoms with Gasteiger partial charge in [0.25, 0.3) is 10.0 Å². The molecule has 0 spiro atoms. The Bertz CT molecular complexity index is 858. The van der Waals surface area contributed by atoms with E-state index in [4.69, 9.17) is 4.42 Å². The van der Waals surface area contributed by atoms with E-state index in [-0.39, 0.29) is 22.1 Å². The molecule has 2 atom stereocenters. The first-order chi connectivity index (χ1) is 11.9. The highest BCUT2D eigenvalue weighted by Crippen LogP contribution is 2.33. The largest absolute Gasteiger partial charge is 0.443 e. The zero-order valence-corrected chi connectivity index (χ0v) is 15.3. The number of amides is 1. The molecule has 7 nitrogen and oxygen atoms in total. The Labute approximate surface area is 150 Å². The molecule has 1 aliphatic heterocycles. The van der Waals surface area contributed by atoms with Crippen LogP contribution >= 0.6 is 11.3 Å². The minimum absolute atomic E-state index is 0.0149. The molecular formula is C16H19N3O4S2. The summed E-state index contributed by atoms with van der Waals surface area (Å²) >= 11 is 1.16. The molecule has 0 bridgehead atoms. The molecule has 1 amide bonds. The van der Waals surface area contributed by atoms with Gasteiger partial charge in [0.1, 0.15) is 4.21 Å². The molecule has 1 fully saturated rings. The standard InChI is InChI=1S/C16H19N3O4S2/c1-3-15(20)18-12-6-7-19(9-11(12)2)25(21,22)16-5-4-14(24-16)13-8-17-10-23-13/h3-5,8,10-12H,1,6-7,9H2,2H3,(H,18,20). The van der Waals surface area contributed by atoms with E-state index in [2.05, 4.69) is 16.9 Å². The summed E-state index contributed by atoms with van der Waals surface area (Å²) in [6, 6.07) is 3.26. The second-order valence-electron chi connectivity index (χ2n) is 5.93. The number of carbonyl (C=O) groups is 1. The van der Waals surface area contributed by atoms with Crippen molar-refractivity contribution >= 4 is 27.3 Å². The normalized spacial score (nSPS) is 21.8. The van der Waals surface area contributed by atoms with E-state index in [1.165, 1.54) is 16.8 Å². The van der Waals surface area contributed by atoms with Crippen molar-refractivity contribution in [1.29, 1.82) is 0 Å². The van der Waals surface area contributed by atoms with Crippen LogP contribution in [0, 0.1) is 5.92 Å². The number of nitrogens with one attached hydrogen (secondary N) is 1. The molecule has 0 saturated carbocycles. The van der Waals surface area contributed by atoms with Gasteiger partial charge < -0.3 is 9.73 Å². The van der Waals surface area contributed by atoms with Crippen LogP contribution in [0.5, 0.6) is 0 Å². The number of nitrogens with zero attached hydrogens (tertiary/aromatic N) is 2. The maximum absolute atomic E-state index is 12.9. The maximum atomic E-state index is 12.9. The second kappa shape index (κ2) is 7.11. The van der Waals surface area contributed by atoms with Crippen molar-refractivity contribution in [3.05, 3.63) is 37.4 Å². The van der Waals surface area contributed by atoms with E-state index < -0.39 is 10.0 Å². The van der Waals surface area contributed by atoms with Crippen molar-refractivity contribution < 1.29 is 17.6 Å². The predicted molar refractivity (Wildman–Crippen MR) is 94.5 cm³/mol. The minimum atomic E-state index is -3.57. The van der Waals surface area contributed by atoms with Crippen LogP contribution in [-0.4, -0.2) is 42.7 Å². The zero-order chi connectivity index (χ0) is 18.0. The van der Waals surface area contributed by atoms with Gasteiger partial charge in [0.05, 0.1) is 11.1 Å². The van der Waals surface area contributed by atoms with Gasteiger partial charge in [-0.2, -0.15) is 4.31 Å². The van der Waals surface area contributed by atoms with Crippen LogP contribution in [0.3, 0.4) is 0 Å². The lowest BCUT2D eigenvalue weighted by atomic mass is 9.95. The lowest BCUT2D eigenvalue weighted by Gasteiger charge is -2.36. The number of hydrogen-bond donors (Lipinski definition) is 1. The molecule has 2 unspecified atom stereocenters. The Balaban J connectivity index is 1.73. The average molecular weight is 381 g/mol. The fourth-order valence-corrected chi connectivity index (χ4v) is 5.81. The fraction of sp³-hybridized carbons (Fsp3) is 0.375. The number of rotatable bonds is 5. The second-order valence-corrected chi connectivity index (χ2v) is 9.18. The summed E-state index contributed by atoms with van der Waals surface area (Å²) in [5.41, 5.74) is 0. The molecule has 0 aliphatic carbocycles. The molecule has 2 aromatic heterocycles. The Kier molecular flexibility index (Phi) is 5.07. The fourth-order valence-electron chi connectivity index (χ4n) is 2.84. The van der Waals surface area contributed by atoms with Gasteiger partial charge >= 0.3 is 0 Å². The summed E-state index contributed by atoms with van der Waals surface area (Å²) < 4.78 is 32.7. The number of aromatic nitrogens is 1. The molecule has 0 aromatic carbocycles. The molecule has 134 valence electrons. The van der Waals surface area contributed by atoms with Crippen molar-refractivity contribution in [3.63, 3.8) is 0 Å². The molecule has 2 aromatic rings. The van der Waals surface area contributed by atoms with Crippen molar-refractivity contribution in [2.24, 2.45) is 5.92 Å². The van der Waals surface area contributed by atoms with Crippen LogP contribution in [0.1, 0.15) is 13.3 Å². The van der Waals surface area contributed by atoms with E-state index in [0.717, 1.165) is 16.2 Å². The van der Waals surface area contributed by atoms with Gasteiger partial charge in [0.15, 0.2) is 12.2 Å². The summed E-state index contributed by atoms with van der Waals surface area (Å²) in [6.45, 7) is 6.10. The van der Waals surface area contributed by atoms with Crippen LogP contribution in [0.25, 0.3) is 10.6 Å². The first-order valence-electron chi connectivity index (χ1n) is 7.83. The topological polar surface area (TPSA) is 92.5 Å². The monoisotopic (exact) mass is 381 g/mol. The molecule has 0 radical (unpaired) electrons. The Morgan fingerprint density at radius 2 is 2.32 bits per heavy atom. The third kappa shape index (κ3) is 3.68. The van der Waals surface area contributed by atoms with Gasteiger partial charge in [0, 0.05) is 19.1 Å². The van der Waals surface area contributed by atoms with Gasteiger partial charge in [-0.1, -0.05) is 13.5 Å². The first-order valence-corrected chi connectivity index (χ1v) is 10.1. The SMILES string of the molecule is C=CC(=O)NC1CCN(S(=O)(=O)c2ccc(-c3cnco3)s2)CC1C. The lowest BCUT2D eigenvalue weighted by molar-refractivity contribution is -0.117. The van der Waals surface area contributed by atoms with Gasteiger partial charge in [0.2, 0.25) is 5.91 Å². The van der Waals surface area contributed by atoms with E-state index in [1.807, 2.05) is 6.92 Å². The number of hydrogen-bond acceptors (Lipinski definition) is 6. The average Bonchev–Trinajstić information content (AvgIpc) is 3.27. The van der Waals surface area contributed by atoms with Crippen LogP contribution in [0.4, 0.5) is 0 Å². The third-order valence-corrected chi connectivity index (χ3v) is 7.66. The van der Waals surface area contributed by atoms with Crippen molar-refractivity contribution in [2.45, 2.75) is 23.6 Å². The molecule has 1 saturated heterocycles. The predicted octanol–water partition coefficient (Wildman–Crippen LogP) is 2.10. The van der Waals surface area contributed by atoms with Crippen LogP contribution in [0.2, 0.25) is 0 Å². The van der Waals surface area contributed by atoms with Crippen molar-refractivity contribution in [1.82, 2.24) is 14.6 Å². The highest BCUT2D eigenvalue weighted by atomic mass is 32.2. The van der Waals surface area contributed by atoms with Crippen molar-refractivity contribution in [3.8, 4) is 10.6 Å². The zero-order valence-electron chi connectivity index (χ0n) is 13.7. The first kappa shape index (κ1) is 17.8. The highest BCUT2D eigenvalue weighted by molar-refractivity contribution is 7.91. The summed E-state index contributed by atoms with van der Waals surface area (Å²) in [6.07, 6.45) is 4.66.